The number of hydrogen-bond acceptors (Lipinski definition) is 5. The third-order valence-electron chi connectivity index (χ3n) is 5.98. The number of hydrogen-bond donors (Lipinski definition) is 3. The minimum Gasteiger partial charge on any atom is -0.492 e. The summed E-state index contributed by atoms with van der Waals surface area (Å²) >= 11 is 0. The van der Waals surface area contributed by atoms with Crippen LogP contribution >= 0.6 is 0 Å². The molecule has 0 bridgehead atoms. The van der Waals surface area contributed by atoms with Gasteiger partial charge in [-0.2, -0.15) is 5.10 Å². The molecule has 0 atom stereocenters. The van der Waals surface area contributed by atoms with Crippen LogP contribution in [0.2, 0.25) is 0 Å². The average Bonchev–Trinajstić information content (AvgIpc) is 3.19. The number of carbonyl (C=O) groups is 1. The summed E-state index contributed by atoms with van der Waals surface area (Å²) in [6, 6.07) is 8.72. The van der Waals surface area contributed by atoms with Gasteiger partial charge in [0.15, 0.2) is 0 Å². The standard InChI is InChI=1S/C24H26N4O4/c1-4-24(30)11-9-18(10-12-24)27-15-17-13-20(22(32-5-2)14-19(17)26-27)25-23(29)21-8-6-7-16(3)28(21)31/h1,6-8,13-15,18,30H,5,9-12H2,2-3H3,(H-,25,29,31)/p+1. The van der Waals surface area contributed by atoms with Gasteiger partial charge in [-0.05, 0) is 44.7 Å². The molecular weight excluding hydrogens is 408 g/mol. The maximum atomic E-state index is 12.8. The molecule has 166 valence electrons. The Balaban J connectivity index is 1.63. The summed E-state index contributed by atoms with van der Waals surface area (Å²) in [7, 11) is 0. The van der Waals surface area contributed by atoms with Crippen LogP contribution in [0.1, 0.15) is 54.8 Å². The lowest BCUT2D eigenvalue weighted by Gasteiger charge is -2.32. The highest BCUT2D eigenvalue weighted by Crippen LogP contribution is 2.36. The Morgan fingerprint density at radius 2 is 2.16 bits per heavy atom. The molecule has 0 unspecified atom stereocenters. The van der Waals surface area contributed by atoms with Gasteiger partial charge in [0.2, 0.25) is 5.69 Å². The van der Waals surface area contributed by atoms with Crippen molar-refractivity contribution in [3.63, 3.8) is 0 Å². The Hall–Kier alpha value is -3.57. The number of terminal acetylenes is 1. The molecule has 1 saturated carbocycles. The molecule has 2 aromatic heterocycles. The molecule has 3 aromatic rings. The lowest BCUT2D eigenvalue weighted by molar-refractivity contribution is -0.909. The van der Waals surface area contributed by atoms with E-state index in [1.807, 2.05) is 23.9 Å². The van der Waals surface area contributed by atoms with Crippen LogP contribution in [0, 0.1) is 19.3 Å². The summed E-state index contributed by atoms with van der Waals surface area (Å²) in [4.78, 5) is 12.8. The number of fused-ring (bicyclic) bond motifs is 1. The van der Waals surface area contributed by atoms with Gasteiger partial charge in [0, 0.05) is 41.4 Å². The third-order valence-corrected chi connectivity index (χ3v) is 5.98. The number of pyridine rings is 1. The van der Waals surface area contributed by atoms with Crippen LogP contribution in [-0.2, 0) is 0 Å². The molecule has 8 heteroatoms. The van der Waals surface area contributed by atoms with Crippen LogP contribution in [0.15, 0.2) is 36.5 Å². The smallest absolute Gasteiger partial charge is 0.325 e. The highest BCUT2D eigenvalue weighted by Gasteiger charge is 2.32. The molecule has 1 fully saturated rings. The number of ether oxygens (including phenoxy) is 1. The number of anilines is 1. The first-order valence-corrected chi connectivity index (χ1v) is 10.7. The van der Waals surface area contributed by atoms with Gasteiger partial charge in [-0.1, -0.05) is 5.92 Å². The molecule has 1 aromatic carbocycles. The zero-order chi connectivity index (χ0) is 22.9. The average molecular weight is 436 g/mol. The Kier molecular flexibility index (Phi) is 5.76. The van der Waals surface area contributed by atoms with E-state index in [0.717, 1.165) is 28.5 Å². The van der Waals surface area contributed by atoms with Gasteiger partial charge in [0.05, 0.1) is 23.9 Å². The van der Waals surface area contributed by atoms with Crippen LogP contribution in [0.5, 0.6) is 5.75 Å². The summed E-state index contributed by atoms with van der Waals surface area (Å²) < 4.78 is 8.50. The normalized spacial score (nSPS) is 20.6. The highest BCUT2D eigenvalue weighted by molar-refractivity contribution is 6.04. The SMILES string of the molecule is C#CC1(O)CCC(n2cc3cc(NC(=O)c4cccc(C)[n+]4O)c(OCC)cc3n2)CC1. The summed E-state index contributed by atoms with van der Waals surface area (Å²) in [6.07, 6.45) is 9.93. The van der Waals surface area contributed by atoms with E-state index in [-0.39, 0.29) is 11.7 Å². The number of amides is 1. The second-order valence-electron chi connectivity index (χ2n) is 8.17. The van der Waals surface area contributed by atoms with Gasteiger partial charge in [-0.25, -0.2) is 0 Å². The number of aliphatic hydroxyl groups is 1. The second-order valence-corrected chi connectivity index (χ2v) is 8.17. The molecule has 1 aliphatic rings. The van der Waals surface area contributed by atoms with Crippen molar-refractivity contribution < 1.29 is 24.6 Å². The van der Waals surface area contributed by atoms with Crippen LogP contribution < -0.4 is 14.8 Å². The van der Waals surface area contributed by atoms with E-state index in [2.05, 4.69) is 11.2 Å². The Morgan fingerprint density at radius 3 is 2.84 bits per heavy atom. The van der Waals surface area contributed by atoms with Crippen LogP contribution in [0.4, 0.5) is 5.69 Å². The van der Waals surface area contributed by atoms with Gasteiger partial charge in [0.25, 0.3) is 0 Å². The van der Waals surface area contributed by atoms with E-state index < -0.39 is 11.5 Å². The number of nitrogens with zero attached hydrogens (tertiary/aromatic N) is 3. The fraction of sp³-hybridized carbons (Fsp3) is 0.375. The maximum Gasteiger partial charge on any atom is 0.325 e. The van der Waals surface area contributed by atoms with Crippen molar-refractivity contribution in [2.45, 2.75) is 51.2 Å². The Morgan fingerprint density at radius 1 is 1.41 bits per heavy atom. The summed E-state index contributed by atoms with van der Waals surface area (Å²) in [6.45, 7) is 4.00. The number of nitrogens with one attached hydrogen (secondary N) is 1. The topological polar surface area (TPSA) is 100 Å². The molecule has 1 aliphatic carbocycles. The molecule has 8 nitrogen and oxygen atoms in total. The molecule has 0 aliphatic heterocycles. The second kappa shape index (κ2) is 8.52. The molecule has 4 rings (SSSR count). The van der Waals surface area contributed by atoms with Crippen molar-refractivity contribution in [3.8, 4) is 18.1 Å². The third kappa shape index (κ3) is 4.12. The molecular formula is C24H27N4O4+. The predicted molar refractivity (Wildman–Crippen MR) is 119 cm³/mol. The first-order chi connectivity index (χ1) is 15.3. The quantitative estimate of drug-likeness (QED) is 0.325. The fourth-order valence-electron chi connectivity index (χ4n) is 4.09. The molecule has 0 radical (unpaired) electrons. The molecule has 3 N–H and O–H groups in total. The lowest BCUT2D eigenvalue weighted by Crippen LogP contribution is -2.42. The molecule has 0 saturated heterocycles. The van der Waals surface area contributed by atoms with Crippen LogP contribution in [-0.4, -0.2) is 38.2 Å². The van der Waals surface area contributed by atoms with Crippen LogP contribution in [0.3, 0.4) is 0 Å². The first-order valence-electron chi connectivity index (χ1n) is 10.7. The van der Waals surface area contributed by atoms with Crippen molar-refractivity contribution in [1.29, 1.82) is 0 Å². The van der Waals surface area contributed by atoms with Crippen molar-refractivity contribution in [2.75, 3.05) is 11.9 Å². The van der Waals surface area contributed by atoms with Gasteiger partial charge in [0.1, 0.15) is 11.4 Å². The molecule has 1 amide bonds. The van der Waals surface area contributed by atoms with Gasteiger partial charge < -0.3 is 15.2 Å². The fourth-order valence-corrected chi connectivity index (χ4v) is 4.09. The maximum absolute atomic E-state index is 12.8. The predicted octanol–water partition coefficient (Wildman–Crippen LogP) is 3.00. The monoisotopic (exact) mass is 435 g/mol. The number of carbonyl (C=O) groups excluding carboxylic acids is 1. The van der Waals surface area contributed by atoms with E-state index in [1.54, 1.807) is 31.2 Å². The molecule has 0 spiro atoms. The van der Waals surface area contributed by atoms with Crippen molar-refractivity contribution in [3.05, 3.63) is 47.9 Å². The Bertz CT molecular complexity index is 1200. The lowest BCUT2D eigenvalue weighted by atomic mass is 9.83. The van der Waals surface area contributed by atoms with E-state index in [0.29, 0.717) is 36.6 Å². The summed E-state index contributed by atoms with van der Waals surface area (Å²) in [5.41, 5.74) is 0.880. The molecule has 2 heterocycles. The minimum absolute atomic E-state index is 0.117. The van der Waals surface area contributed by atoms with Crippen molar-refractivity contribution in [2.24, 2.45) is 0 Å². The zero-order valence-corrected chi connectivity index (χ0v) is 18.2. The zero-order valence-electron chi connectivity index (χ0n) is 18.2. The van der Waals surface area contributed by atoms with E-state index in [1.165, 1.54) is 0 Å². The largest absolute Gasteiger partial charge is 0.492 e. The summed E-state index contributed by atoms with van der Waals surface area (Å²) in [5, 5.41) is 28.9. The Labute approximate surface area is 186 Å². The van der Waals surface area contributed by atoms with Gasteiger partial charge in [-0.15, -0.1) is 6.42 Å². The van der Waals surface area contributed by atoms with Crippen molar-refractivity contribution in [1.82, 2.24) is 9.78 Å². The number of benzene rings is 1. The van der Waals surface area contributed by atoms with Gasteiger partial charge in [-0.3, -0.25) is 14.7 Å². The number of aryl methyl sites for hydroxylation is 1. The van der Waals surface area contributed by atoms with Crippen LogP contribution in [0.25, 0.3) is 10.9 Å². The molecule has 32 heavy (non-hydrogen) atoms. The van der Waals surface area contributed by atoms with Crippen molar-refractivity contribution >= 4 is 22.5 Å². The van der Waals surface area contributed by atoms with E-state index >= 15 is 0 Å². The van der Waals surface area contributed by atoms with Gasteiger partial charge >= 0.3 is 11.6 Å². The first kappa shape index (κ1) is 21.7. The minimum atomic E-state index is -1.03. The number of aromatic nitrogens is 3. The van der Waals surface area contributed by atoms with E-state index in [9.17, 15) is 15.1 Å². The number of rotatable bonds is 5. The summed E-state index contributed by atoms with van der Waals surface area (Å²) in [5.74, 6) is 2.54. The highest BCUT2D eigenvalue weighted by atomic mass is 16.5. The van der Waals surface area contributed by atoms with E-state index in [4.69, 9.17) is 16.3 Å².